The minimum absolute atomic E-state index is 0.0873. The first-order valence-corrected chi connectivity index (χ1v) is 11.4. The summed E-state index contributed by atoms with van der Waals surface area (Å²) in [6.45, 7) is 3.94. The number of hydrogen-bond acceptors (Lipinski definition) is 5. The van der Waals surface area contributed by atoms with Crippen LogP contribution < -0.4 is 4.74 Å². The van der Waals surface area contributed by atoms with Crippen molar-refractivity contribution >= 4 is 34.4 Å². The molecule has 4 aromatic rings. The summed E-state index contributed by atoms with van der Waals surface area (Å²) in [4.78, 5) is 25.7. The van der Waals surface area contributed by atoms with E-state index < -0.39 is 11.9 Å². The van der Waals surface area contributed by atoms with Crippen molar-refractivity contribution in [2.24, 2.45) is 0 Å². The van der Waals surface area contributed by atoms with E-state index in [2.05, 4.69) is 0 Å². The third-order valence-corrected chi connectivity index (χ3v) is 5.41. The van der Waals surface area contributed by atoms with E-state index >= 15 is 0 Å². The molecule has 0 atom stereocenters. The highest BCUT2D eigenvalue weighted by Gasteiger charge is 2.27. The molecular formula is C27H24ClNO5. The lowest BCUT2D eigenvalue weighted by Crippen LogP contribution is -2.15. The zero-order chi connectivity index (χ0) is 24.1. The number of halogens is 1. The van der Waals surface area contributed by atoms with E-state index in [9.17, 15) is 9.59 Å². The SMILES string of the molecule is CCOC(=O)Cc1c(C(=O)OCC)c2cc(Oc3cccc(Cl)c3)ccc2n1-c1ccccc1. The quantitative estimate of drug-likeness (QED) is 0.276. The second-order valence-electron chi connectivity index (χ2n) is 7.43. The monoisotopic (exact) mass is 477 g/mol. The number of fused-ring (bicyclic) bond motifs is 1. The summed E-state index contributed by atoms with van der Waals surface area (Å²) < 4.78 is 18.5. The van der Waals surface area contributed by atoms with E-state index in [-0.39, 0.29) is 19.6 Å². The van der Waals surface area contributed by atoms with Crippen LogP contribution in [0.25, 0.3) is 16.6 Å². The highest BCUT2D eigenvalue weighted by molar-refractivity contribution is 6.30. The molecule has 1 heterocycles. The number of ether oxygens (including phenoxy) is 3. The number of esters is 2. The molecule has 7 heteroatoms. The van der Waals surface area contributed by atoms with Crippen molar-refractivity contribution in [2.45, 2.75) is 20.3 Å². The predicted molar refractivity (Wildman–Crippen MR) is 131 cm³/mol. The standard InChI is InChI=1S/C27H24ClNO5/c1-3-32-25(30)17-24-26(27(31)33-4-2)22-16-21(34-20-12-8-9-18(28)15-20)13-14-23(22)29(24)19-10-6-5-7-11-19/h5-16H,3-4,17H2,1-2H3. The fraction of sp³-hybridized carbons (Fsp3) is 0.185. The summed E-state index contributed by atoms with van der Waals surface area (Å²) in [5.41, 5.74) is 2.36. The van der Waals surface area contributed by atoms with Crippen molar-refractivity contribution < 1.29 is 23.8 Å². The maximum absolute atomic E-state index is 13.1. The Morgan fingerprint density at radius 1 is 0.853 bits per heavy atom. The lowest BCUT2D eigenvalue weighted by molar-refractivity contribution is -0.142. The summed E-state index contributed by atoms with van der Waals surface area (Å²) in [5, 5.41) is 1.17. The van der Waals surface area contributed by atoms with E-state index in [0.717, 1.165) is 11.2 Å². The molecule has 0 amide bonds. The minimum atomic E-state index is -0.513. The van der Waals surface area contributed by atoms with Gasteiger partial charge in [0, 0.05) is 21.8 Å². The average molecular weight is 478 g/mol. The fourth-order valence-electron chi connectivity index (χ4n) is 3.87. The third-order valence-electron chi connectivity index (χ3n) is 5.18. The first-order chi connectivity index (χ1) is 16.5. The number of nitrogens with zero attached hydrogens (tertiary/aromatic N) is 1. The van der Waals surface area contributed by atoms with Crippen LogP contribution in [0.3, 0.4) is 0 Å². The molecule has 3 aromatic carbocycles. The average Bonchev–Trinajstić information content (AvgIpc) is 3.13. The summed E-state index contributed by atoms with van der Waals surface area (Å²) in [7, 11) is 0. The Kier molecular flexibility index (Phi) is 7.18. The number of carbonyl (C=O) groups is 2. The highest BCUT2D eigenvalue weighted by Crippen LogP contribution is 2.35. The number of aromatic nitrogens is 1. The molecule has 6 nitrogen and oxygen atoms in total. The van der Waals surface area contributed by atoms with Crippen LogP contribution in [0, 0.1) is 0 Å². The smallest absolute Gasteiger partial charge is 0.340 e. The second-order valence-corrected chi connectivity index (χ2v) is 7.87. The van der Waals surface area contributed by atoms with Crippen LogP contribution in [0.15, 0.2) is 72.8 Å². The van der Waals surface area contributed by atoms with Crippen LogP contribution >= 0.6 is 11.6 Å². The van der Waals surface area contributed by atoms with Crippen LogP contribution in [0.4, 0.5) is 0 Å². The predicted octanol–water partition coefficient (Wildman–Crippen LogP) is 6.36. The van der Waals surface area contributed by atoms with Crippen LogP contribution in [0.5, 0.6) is 11.5 Å². The Hall–Kier alpha value is -3.77. The first-order valence-electron chi connectivity index (χ1n) is 11.0. The first kappa shape index (κ1) is 23.4. The molecule has 0 aliphatic rings. The molecule has 0 N–H and O–H groups in total. The van der Waals surface area contributed by atoms with Crippen LogP contribution in [0.1, 0.15) is 29.9 Å². The maximum Gasteiger partial charge on any atom is 0.340 e. The van der Waals surface area contributed by atoms with Crippen LogP contribution in [-0.4, -0.2) is 29.7 Å². The zero-order valence-electron chi connectivity index (χ0n) is 18.9. The highest BCUT2D eigenvalue weighted by atomic mass is 35.5. The van der Waals surface area contributed by atoms with Gasteiger partial charge in [-0.25, -0.2) is 4.79 Å². The Bertz CT molecular complexity index is 1330. The fourth-order valence-corrected chi connectivity index (χ4v) is 4.05. The Labute approximate surface area is 202 Å². The second kappa shape index (κ2) is 10.4. The van der Waals surface area contributed by atoms with E-state index in [1.54, 1.807) is 44.2 Å². The van der Waals surface area contributed by atoms with Crippen molar-refractivity contribution in [3.8, 4) is 17.2 Å². The Balaban J connectivity index is 1.93. The van der Waals surface area contributed by atoms with Crippen LogP contribution in [-0.2, 0) is 20.7 Å². The number of para-hydroxylation sites is 1. The van der Waals surface area contributed by atoms with Crippen molar-refractivity contribution in [1.82, 2.24) is 4.57 Å². The summed E-state index contributed by atoms with van der Waals surface area (Å²) >= 11 is 6.09. The van der Waals surface area contributed by atoms with E-state index in [1.807, 2.05) is 47.0 Å². The molecule has 0 unspecified atom stereocenters. The van der Waals surface area contributed by atoms with E-state index in [0.29, 0.717) is 33.2 Å². The lowest BCUT2D eigenvalue weighted by atomic mass is 10.1. The number of hydrogen-bond donors (Lipinski definition) is 0. The summed E-state index contributed by atoms with van der Waals surface area (Å²) in [6.07, 6.45) is -0.0873. The number of rotatable bonds is 8. The minimum Gasteiger partial charge on any atom is -0.466 e. The van der Waals surface area contributed by atoms with E-state index in [1.165, 1.54) is 0 Å². The van der Waals surface area contributed by atoms with Gasteiger partial charge in [0.05, 0.1) is 30.7 Å². The van der Waals surface area contributed by atoms with E-state index in [4.69, 9.17) is 25.8 Å². The molecule has 0 fully saturated rings. The molecular weight excluding hydrogens is 454 g/mol. The molecule has 0 aliphatic carbocycles. The Morgan fingerprint density at radius 3 is 2.29 bits per heavy atom. The zero-order valence-corrected chi connectivity index (χ0v) is 19.7. The largest absolute Gasteiger partial charge is 0.466 e. The molecule has 34 heavy (non-hydrogen) atoms. The van der Waals surface area contributed by atoms with Gasteiger partial charge in [-0.05, 0) is 62.4 Å². The van der Waals surface area contributed by atoms with Gasteiger partial charge in [-0.1, -0.05) is 35.9 Å². The molecule has 0 radical (unpaired) electrons. The molecule has 0 saturated heterocycles. The van der Waals surface area contributed by atoms with Crippen molar-refractivity contribution in [3.05, 3.63) is 89.1 Å². The summed E-state index contributed by atoms with van der Waals surface area (Å²) in [5.74, 6) is 0.150. The van der Waals surface area contributed by atoms with Gasteiger partial charge in [0.25, 0.3) is 0 Å². The molecule has 174 valence electrons. The number of carbonyl (C=O) groups excluding carboxylic acids is 2. The molecule has 0 aliphatic heterocycles. The van der Waals surface area contributed by atoms with Gasteiger partial charge in [-0.3, -0.25) is 4.79 Å². The van der Waals surface area contributed by atoms with Crippen molar-refractivity contribution in [3.63, 3.8) is 0 Å². The normalized spacial score (nSPS) is 10.8. The summed E-state index contributed by atoms with van der Waals surface area (Å²) in [6, 6.07) is 22.0. The third kappa shape index (κ3) is 4.92. The molecule has 0 saturated carbocycles. The lowest BCUT2D eigenvalue weighted by Gasteiger charge is -2.12. The maximum atomic E-state index is 13.1. The van der Waals surface area contributed by atoms with Gasteiger partial charge in [-0.2, -0.15) is 0 Å². The van der Waals surface area contributed by atoms with Gasteiger partial charge in [0.1, 0.15) is 11.5 Å². The molecule has 0 spiro atoms. The van der Waals surface area contributed by atoms with Crippen molar-refractivity contribution in [1.29, 1.82) is 0 Å². The molecule has 1 aromatic heterocycles. The molecule has 4 rings (SSSR count). The number of benzene rings is 3. The van der Waals surface area contributed by atoms with Crippen LogP contribution in [0.2, 0.25) is 5.02 Å². The van der Waals surface area contributed by atoms with Gasteiger partial charge >= 0.3 is 11.9 Å². The topological polar surface area (TPSA) is 66.8 Å². The van der Waals surface area contributed by atoms with Gasteiger partial charge in [0.2, 0.25) is 0 Å². The Morgan fingerprint density at radius 2 is 1.59 bits per heavy atom. The van der Waals surface area contributed by atoms with Gasteiger partial charge in [0.15, 0.2) is 0 Å². The van der Waals surface area contributed by atoms with Gasteiger partial charge < -0.3 is 18.8 Å². The molecule has 0 bridgehead atoms. The van der Waals surface area contributed by atoms with Gasteiger partial charge in [-0.15, -0.1) is 0 Å². The van der Waals surface area contributed by atoms with Crippen molar-refractivity contribution in [2.75, 3.05) is 13.2 Å².